The molecule has 0 spiro atoms. The monoisotopic (exact) mass is 450 g/mol. The van der Waals surface area contributed by atoms with Crippen LogP contribution in [0.3, 0.4) is 0 Å². The molecule has 0 N–H and O–H groups in total. The number of aromatic nitrogens is 1. The molecule has 0 amide bonds. The molecule has 1 atom stereocenters. The van der Waals surface area contributed by atoms with E-state index in [1.54, 1.807) is 16.4 Å². The van der Waals surface area contributed by atoms with Crippen LogP contribution >= 0.6 is 0 Å². The van der Waals surface area contributed by atoms with Crippen LogP contribution in [0.25, 0.3) is 10.9 Å². The Balaban J connectivity index is 1.87. The van der Waals surface area contributed by atoms with E-state index in [0.29, 0.717) is 18.0 Å². The number of fused-ring (bicyclic) bond motifs is 3. The van der Waals surface area contributed by atoms with E-state index in [9.17, 15) is 8.42 Å². The van der Waals surface area contributed by atoms with Gasteiger partial charge in [-0.25, -0.2) is 8.42 Å². The molecule has 0 unspecified atom stereocenters. The quantitative estimate of drug-likeness (QED) is 0.396. The fourth-order valence-corrected chi connectivity index (χ4v) is 6.38. The number of hydrogen-bond acceptors (Lipinski definition) is 2. The number of allylic oxidation sites excluding steroid dienone is 1. The van der Waals surface area contributed by atoms with Crippen molar-refractivity contribution in [2.24, 2.45) is 7.05 Å². The van der Waals surface area contributed by atoms with E-state index >= 15 is 0 Å². The summed E-state index contributed by atoms with van der Waals surface area (Å²) in [6.45, 7) is 7.27. The first-order valence-electron chi connectivity index (χ1n) is 11.7. The van der Waals surface area contributed by atoms with Crippen molar-refractivity contribution in [1.29, 1.82) is 0 Å². The molecule has 1 aliphatic rings. The van der Waals surface area contributed by atoms with Gasteiger partial charge in [0, 0.05) is 36.1 Å². The van der Waals surface area contributed by atoms with Crippen molar-refractivity contribution in [2.45, 2.75) is 63.8 Å². The smallest absolute Gasteiger partial charge is 0.243 e. The normalized spacial score (nSPS) is 17.6. The summed E-state index contributed by atoms with van der Waals surface area (Å²) in [7, 11) is -1.52. The van der Waals surface area contributed by atoms with Crippen LogP contribution in [0.2, 0.25) is 0 Å². The second-order valence-corrected chi connectivity index (χ2v) is 10.9. The van der Waals surface area contributed by atoms with Crippen molar-refractivity contribution >= 4 is 20.9 Å². The number of para-hydroxylation sites is 1. The Morgan fingerprint density at radius 1 is 1.06 bits per heavy atom. The second-order valence-electron chi connectivity index (χ2n) is 8.92. The highest BCUT2D eigenvalue weighted by molar-refractivity contribution is 7.89. The summed E-state index contributed by atoms with van der Waals surface area (Å²) in [6, 6.07) is 15.7. The van der Waals surface area contributed by atoms with E-state index in [-0.39, 0.29) is 5.92 Å². The number of unbranched alkanes of at least 4 members (excludes halogenated alkanes) is 1. The van der Waals surface area contributed by atoms with Crippen LogP contribution in [0.1, 0.15) is 62.3 Å². The molecule has 32 heavy (non-hydrogen) atoms. The highest BCUT2D eigenvalue weighted by Crippen LogP contribution is 2.42. The molecule has 0 saturated heterocycles. The molecular weight excluding hydrogens is 416 g/mol. The molecule has 2 aromatic carbocycles. The molecule has 0 bridgehead atoms. The molecule has 1 aromatic heterocycles. The third kappa shape index (κ3) is 4.04. The van der Waals surface area contributed by atoms with Gasteiger partial charge in [-0.05, 0) is 43.5 Å². The Labute approximate surface area is 192 Å². The van der Waals surface area contributed by atoms with E-state index in [2.05, 4.69) is 55.8 Å². The minimum atomic E-state index is -3.58. The molecule has 2 heterocycles. The van der Waals surface area contributed by atoms with Crippen LogP contribution < -0.4 is 0 Å². The lowest BCUT2D eigenvalue weighted by molar-refractivity contribution is 0.359. The Morgan fingerprint density at radius 3 is 2.47 bits per heavy atom. The molecule has 4 nitrogen and oxygen atoms in total. The molecule has 5 heteroatoms. The highest BCUT2D eigenvalue weighted by Gasteiger charge is 2.37. The summed E-state index contributed by atoms with van der Waals surface area (Å²) in [5.74, 6) is 0.0802. The molecule has 0 radical (unpaired) electrons. The number of aryl methyl sites for hydroxylation is 2. The zero-order valence-electron chi connectivity index (χ0n) is 19.6. The van der Waals surface area contributed by atoms with Crippen LogP contribution in [-0.2, 0) is 23.6 Å². The van der Waals surface area contributed by atoms with Crippen molar-refractivity contribution < 1.29 is 8.42 Å². The molecule has 0 saturated carbocycles. The Kier molecular flexibility index (Phi) is 6.59. The third-order valence-corrected chi connectivity index (χ3v) is 8.50. The van der Waals surface area contributed by atoms with Gasteiger partial charge in [-0.2, -0.15) is 4.31 Å². The summed E-state index contributed by atoms with van der Waals surface area (Å²) in [4.78, 5) is 0.374. The van der Waals surface area contributed by atoms with Crippen molar-refractivity contribution in [3.05, 3.63) is 77.0 Å². The molecule has 3 aromatic rings. The highest BCUT2D eigenvalue weighted by atomic mass is 32.2. The summed E-state index contributed by atoms with van der Waals surface area (Å²) in [5, 5.41) is 1.25. The summed E-state index contributed by atoms with van der Waals surface area (Å²) in [5.41, 5.74) is 6.02. The lowest BCUT2D eigenvalue weighted by Crippen LogP contribution is -2.39. The van der Waals surface area contributed by atoms with E-state index < -0.39 is 10.0 Å². The standard InChI is InChI=1S/C27H34N2O2S/c1-5-7-11-21(10-6-2)24-18-29(32(30,31)22-16-14-20(3)15-17-22)19-26-27(24)23-12-8-9-13-25(23)28(26)4/h8-9,11-17,24H,5-7,10,18-19H2,1-4H3/b21-11+/t24-/m0/s1. The van der Waals surface area contributed by atoms with Gasteiger partial charge in [0.1, 0.15) is 0 Å². The van der Waals surface area contributed by atoms with Crippen LogP contribution in [0.4, 0.5) is 0 Å². The van der Waals surface area contributed by atoms with Gasteiger partial charge in [0.2, 0.25) is 10.0 Å². The van der Waals surface area contributed by atoms with Gasteiger partial charge in [-0.15, -0.1) is 0 Å². The van der Waals surface area contributed by atoms with Gasteiger partial charge in [0.15, 0.2) is 0 Å². The molecular formula is C27H34N2O2S. The van der Waals surface area contributed by atoms with E-state index in [1.807, 2.05) is 19.1 Å². The summed E-state index contributed by atoms with van der Waals surface area (Å²) < 4.78 is 31.2. The zero-order valence-corrected chi connectivity index (χ0v) is 20.5. The van der Waals surface area contributed by atoms with Crippen molar-refractivity contribution in [3.63, 3.8) is 0 Å². The van der Waals surface area contributed by atoms with E-state index in [1.165, 1.54) is 22.0 Å². The lowest BCUT2D eigenvalue weighted by Gasteiger charge is -2.34. The van der Waals surface area contributed by atoms with E-state index in [0.717, 1.165) is 36.9 Å². The van der Waals surface area contributed by atoms with Crippen LogP contribution in [0, 0.1) is 6.92 Å². The van der Waals surface area contributed by atoms with Gasteiger partial charge < -0.3 is 4.57 Å². The van der Waals surface area contributed by atoms with Crippen molar-refractivity contribution in [3.8, 4) is 0 Å². The first-order valence-corrected chi connectivity index (χ1v) is 13.1. The van der Waals surface area contributed by atoms with Gasteiger partial charge in [-0.3, -0.25) is 0 Å². The fraction of sp³-hybridized carbons (Fsp3) is 0.407. The van der Waals surface area contributed by atoms with Crippen LogP contribution in [0.15, 0.2) is 65.1 Å². The maximum atomic E-state index is 13.7. The fourth-order valence-electron chi connectivity index (χ4n) is 4.96. The first kappa shape index (κ1) is 22.8. The van der Waals surface area contributed by atoms with Crippen LogP contribution in [0.5, 0.6) is 0 Å². The van der Waals surface area contributed by atoms with Gasteiger partial charge in [0.05, 0.1) is 11.4 Å². The SMILES string of the molecule is CCC/C=C(\CCC)[C@@H]1CN(S(=O)(=O)c2ccc(C)cc2)Cc2c1c1ccccc1n2C. The van der Waals surface area contributed by atoms with Gasteiger partial charge in [0.25, 0.3) is 0 Å². The number of sulfonamides is 1. The second kappa shape index (κ2) is 9.24. The zero-order chi connectivity index (χ0) is 22.9. The number of nitrogens with zero attached hydrogens (tertiary/aromatic N) is 2. The average molecular weight is 451 g/mol. The minimum absolute atomic E-state index is 0.0802. The molecule has 4 rings (SSSR count). The van der Waals surface area contributed by atoms with Gasteiger partial charge >= 0.3 is 0 Å². The van der Waals surface area contributed by atoms with Crippen molar-refractivity contribution in [1.82, 2.24) is 8.87 Å². The number of benzene rings is 2. The summed E-state index contributed by atoms with van der Waals surface area (Å²) in [6.07, 6.45) is 6.52. The van der Waals surface area contributed by atoms with Gasteiger partial charge in [-0.1, -0.05) is 74.2 Å². The van der Waals surface area contributed by atoms with Crippen LogP contribution in [-0.4, -0.2) is 23.8 Å². The maximum absolute atomic E-state index is 13.7. The predicted molar refractivity (Wildman–Crippen MR) is 132 cm³/mol. The average Bonchev–Trinajstić information content (AvgIpc) is 3.09. The molecule has 170 valence electrons. The Bertz CT molecular complexity index is 1240. The lowest BCUT2D eigenvalue weighted by atomic mass is 9.84. The predicted octanol–water partition coefficient (Wildman–Crippen LogP) is 6.30. The maximum Gasteiger partial charge on any atom is 0.243 e. The Hall–Kier alpha value is -2.37. The molecule has 0 aliphatic carbocycles. The third-order valence-electron chi connectivity index (χ3n) is 6.67. The Morgan fingerprint density at radius 2 is 1.78 bits per heavy atom. The molecule has 1 aliphatic heterocycles. The number of hydrogen-bond donors (Lipinski definition) is 0. The topological polar surface area (TPSA) is 42.3 Å². The first-order chi connectivity index (χ1) is 15.4. The summed E-state index contributed by atoms with van der Waals surface area (Å²) >= 11 is 0. The minimum Gasteiger partial charge on any atom is -0.346 e. The van der Waals surface area contributed by atoms with E-state index in [4.69, 9.17) is 0 Å². The molecule has 0 fully saturated rings. The van der Waals surface area contributed by atoms with Crippen molar-refractivity contribution in [2.75, 3.05) is 6.54 Å². The number of rotatable bonds is 7. The largest absolute Gasteiger partial charge is 0.346 e.